The average Bonchev–Trinajstić information content (AvgIpc) is 2.98. The smallest absolute Gasteiger partial charge is 0.221 e. The molecule has 0 atom stereocenters. The highest BCUT2D eigenvalue weighted by Gasteiger charge is 2.18. The van der Waals surface area contributed by atoms with Crippen molar-refractivity contribution in [2.24, 2.45) is 0 Å². The van der Waals surface area contributed by atoms with Crippen LogP contribution in [0.1, 0.15) is 39.5 Å². The highest BCUT2D eigenvalue weighted by Crippen LogP contribution is 2.28. The van der Waals surface area contributed by atoms with Crippen LogP contribution in [0.4, 0.5) is 0 Å². The number of thiophene rings is 1. The van der Waals surface area contributed by atoms with Crippen molar-refractivity contribution in [1.29, 1.82) is 0 Å². The van der Waals surface area contributed by atoms with Crippen molar-refractivity contribution in [2.75, 3.05) is 0 Å². The number of aryl methyl sites for hydroxylation is 1. The van der Waals surface area contributed by atoms with Gasteiger partial charge in [-0.05, 0) is 41.5 Å². The fourth-order valence-electron chi connectivity index (χ4n) is 2.99. The molecule has 0 radical (unpaired) electrons. The van der Waals surface area contributed by atoms with Gasteiger partial charge in [-0.3, -0.25) is 4.79 Å². The Balaban J connectivity index is 1.72. The molecule has 0 aliphatic rings. The quantitative estimate of drug-likeness (QED) is 0.651. The van der Waals surface area contributed by atoms with Gasteiger partial charge in [0.25, 0.3) is 0 Å². The Kier molecular flexibility index (Phi) is 5.67. The molecule has 0 unspecified atom stereocenters. The van der Waals surface area contributed by atoms with Crippen LogP contribution in [0.5, 0.6) is 0 Å². The average molecular weight is 349 g/mol. The first-order valence-electron chi connectivity index (χ1n) is 8.55. The van der Waals surface area contributed by atoms with Crippen LogP contribution in [0.25, 0.3) is 0 Å². The van der Waals surface area contributed by atoms with Crippen LogP contribution in [-0.2, 0) is 11.3 Å². The molecular weight excluding hydrogens is 326 g/mol. The van der Waals surface area contributed by atoms with Crippen molar-refractivity contribution >= 4 is 17.2 Å². The molecule has 25 heavy (non-hydrogen) atoms. The minimum Gasteiger partial charge on any atom is -0.352 e. The molecule has 2 aromatic carbocycles. The zero-order valence-corrected chi connectivity index (χ0v) is 15.5. The summed E-state index contributed by atoms with van der Waals surface area (Å²) in [6.45, 7) is 4.83. The molecule has 3 heteroatoms. The molecule has 0 aliphatic carbocycles. The maximum Gasteiger partial charge on any atom is 0.221 e. The summed E-state index contributed by atoms with van der Waals surface area (Å²) in [5.41, 5.74) is 4.85. The van der Waals surface area contributed by atoms with Crippen LogP contribution >= 0.6 is 11.3 Å². The molecule has 1 heterocycles. The van der Waals surface area contributed by atoms with Crippen LogP contribution < -0.4 is 5.32 Å². The maximum atomic E-state index is 12.6. The van der Waals surface area contributed by atoms with Crippen molar-refractivity contribution in [1.82, 2.24) is 5.32 Å². The number of hydrogen-bond donors (Lipinski definition) is 1. The molecule has 0 fully saturated rings. The topological polar surface area (TPSA) is 29.1 Å². The molecule has 0 spiro atoms. The predicted octanol–water partition coefficient (Wildman–Crippen LogP) is 5.20. The Hall–Kier alpha value is -2.39. The summed E-state index contributed by atoms with van der Waals surface area (Å²) in [4.78, 5) is 13.9. The highest BCUT2D eigenvalue weighted by molar-refractivity contribution is 7.10. The summed E-state index contributed by atoms with van der Waals surface area (Å²) in [6, 6.07) is 20.5. The fourth-order valence-corrected chi connectivity index (χ4v) is 3.87. The molecule has 128 valence electrons. The predicted molar refractivity (Wildman–Crippen MR) is 105 cm³/mol. The third-order valence-electron chi connectivity index (χ3n) is 4.66. The number of hydrogen-bond acceptors (Lipinski definition) is 2. The van der Waals surface area contributed by atoms with Gasteiger partial charge in [-0.2, -0.15) is 0 Å². The summed E-state index contributed by atoms with van der Waals surface area (Å²) in [5, 5.41) is 5.23. The summed E-state index contributed by atoms with van der Waals surface area (Å²) in [6.07, 6.45) is 0.455. The van der Waals surface area contributed by atoms with Crippen LogP contribution in [0.15, 0.2) is 66.0 Å². The van der Waals surface area contributed by atoms with Gasteiger partial charge < -0.3 is 5.32 Å². The molecular formula is C22H23NOS. The molecule has 1 amide bonds. The molecule has 3 rings (SSSR count). The Morgan fingerprint density at radius 2 is 1.52 bits per heavy atom. The van der Waals surface area contributed by atoms with Crippen LogP contribution in [-0.4, -0.2) is 5.91 Å². The Labute approximate surface area is 153 Å². The molecule has 2 nitrogen and oxygen atoms in total. The van der Waals surface area contributed by atoms with E-state index in [9.17, 15) is 4.79 Å². The fraction of sp³-hybridized carbons (Fsp3) is 0.227. The zero-order chi connectivity index (χ0) is 17.6. The van der Waals surface area contributed by atoms with E-state index in [-0.39, 0.29) is 11.8 Å². The normalized spacial score (nSPS) is 10.8. The standard InChI is InChI=1S/C22H23NOS/c1-16-17(2)25-15-20(16)14-23-22(24)13-21(18-9-5-3-6-10-18)19-11-7-4-8-12-19/h3-12,15,21H,13-14H2,1-2H3,(H,23,24). The van der Waals surface area contributed by atoms with E-state index >= 15 is 0 Å². The van der Waals surface area contributed by atoms with Crippen molar-refractivity contribution < 1.29 is 4.79 Å². The first-order valence-corrected chi connectivity index (χ1v) is 9.43. The number of amides is 1. The molecule has 0 saturated carbocycles. The van der Waals surface area contributed by atoms with Gasteiger partial charge in [0.05, 0.1) is 0 Å². The van der Waals surface area contributed by atoms with Gasteiger partial charge in [-0.25, -0.2) is 0 Å². The second-order valence-corrected chi connectivity index (χ2v) is 7.38. The second-order valence-electron chi connectivity index (χ2n) is 6.30. The van der Waals surface area contributed by atoms with E-state index < -0.39 is 0 Å². The third-order valence-corrected chi connectivity index (χ3v) is 5.72. The molecule has 1 N–H and O–H groups in total. The Morgan fingerprint density at radius 3 is 2.00 bits per heavy atom. The van der Waals surface area contributed by atoms with E-state index in [0.29, 0.717) is 13.0 Å². The monoisotopic (exact) mass is 349 g/mol. The molecule has 3 aromatic rings. The minimum atomic E-state index is 0.0766. The summed E-state index contributed by atoms with van der Waals surface area (Å²) in [7, 11) is 0. The highest BCUT2D eigenvalue weighted by atomic mass is 32.1. The minimum absolute atomic E-state index is 0.0766. The first-order chi connectivity index (χ1) is 12.1. The second kappa shape index (κ2) is 8.13. The SMILES string of the molecule is Cc1scc(CNC(=O)CC(c2ccccc2)c2ccccc2)c1C. The van der Waals surface area contributed by atoms with Crippen LogP contribution in [0, 0.1) is 13.8 Å². The number of carbonyl (C=O) groups excluding carboxylic acids is 1. The van der Waals surface area contributed by atoms with Gasteiger partial charge in [0.2, 0.25) is 5.91 Å². The lowest BCUT2D eigenvalue weighted by atomic mass is 9.88. The molecule has 0 bridgehead atoms. The van der Waals surface area contributed by atoms with Crippen molar-refractivity contribution in [3.63, 3.8) is 0 Å². The number of rotatable bonds is 6. The lowest BCUT2D eigenvalue weighted by Gasteiger charge is -2.18. The van der Waals surface area contributed by atoms with Crippen LogP contribution in [0.3, 0.4) is 0 Å². The number of benzene rings is 2. The van der Waals surface area contributed by atoms with E-state index in [1.165, 1.54) is 27.1 Å². The van der Waals surface area contributed by atoms with Gasteiger partial charge in [0, 0.05) is 23.8 Å². The molecule has 0 aliphatic heterocycles. The van der Waals surface area contributed by atoms with Crippen molar-refractivity contribution in [3.05, 3.63) is 93.2 Å². The first kappa shape index (κ1) is 17.4. The number of nitrogens with one attached hydrogen (secondary N) is 1. The number of carbonyl (C=O) groups is 1. The Bertz CT molecular complexity index is 784. The van der Waals surface area contributed by atoms with E-state index in [1.807, 2.05) is 36.4 Å². The molecule has 0 saturated heterocycles. The van der Waals surface area contributed by atoms with Crippen molar-refractivity contribution in [3.8, 4) is 0 Å². The lowest BCUT2D eigenvalue weighted by Crippen LogP contribution is -2.25. The zero-order valence-electron chi connectivity index (χ0n) is 14.7. The molecule has 1 aromatic heterocycles. The van der Waals surface area contributed by atoms with Gasteiger partial charge in [-0.15, -0.1) is 11.3 Å². The van der Waals surface area contributed by atoms with Gasteiger partial charge in [0.1, 0.15) is 0 Å². The van der Waals surface area contributed by atoms with E-state index in [4.69, 9.17) is 0 Å². The largest absolute Gasteiger partial charge is 0.352 e. The third kappa shape index (κ3) is 4.37. The summed E-state index contributed by atoms with van der Waals surface area (Å²) < 4.78 is 0. The Morgan fingerprint density at radius 1 is 0.960 bits per heavy atom. The van der Waals surface area contributed by atoms with Gasteiger partial charge in [0.15, 0.2) is 0 Å². The summed E-state index contributed by atoms with van der Waals surface area (Å²) in [5.74, 6) is 0.161. The van der Waals surface area contributed by atoms with Crippen LogP contribution in [0.2, 0.25) is 0 Å². The summed E-state index contributed by atoms with van der Waals surface area (Å²) >= 11 is 1.74. The lowest BCUT2D eigenvalue weighted by molar-refractivity contribution is -0.121. The maximum absolute atomic E-state index is 12.6. The van der Waals surface area contributed by atoms with Gasteiger partial charge >= 0.3 is 0 Å². The van der Waals surface area contributed by atoms with Crippen molar-refractivity contribution in [2.45, 2.75) is 32.7 Å². The van der Waals surface area contributed by atoms with E-state index in [1.54, 1.807) is 11.3 Å². The van der Waals surface area contributed by atoms with E-state index in [2.05, 4.69) is 48.8 Å². The van der Waals surface area contributed by atoms with E-state index in [0.717, 1.165) is 0 Å². The van der Waals surface area contributed by atoms with Gasteiger partial charge in [-0.1, -0.05) is 60.7 Å².